The van der Waals surface area contributed by atoms with E-state index in [2.05, 4.69) is 82.0 Å². The third kappa shape index (κ3) is 13.3. The molecule has 0 radical (unpaired) electrons. The van der Waals surface area contributed by atoms with Crippen LogP contribution in [0.25, 0.3) is 0 Å². The molecule has 3 aromatic rings. The molecule has 4 rings (SSSR count). The largest absolute Gasteiger partial charge is 0.497 e. The minimum atomic E-state index is -2.89. The first-order chi connectivity index (χ1) is 28.3. The molecule has 0 saturated carbocycles. The lowest BCUT2D eigenvalue weighted by Gasteiger charge is -2.43. The van der Waals surface area contributed by atoms with E-state index >= 15 is 0 Å². The van der Waals surface area contributed by atoms with Gasteiger partial charge in [0, 0.05) is 38.7 Å². The molecule has 0 spiro atoms. The average molecular weight is 823 g/mol. The Morgan fingerprint density at radius 1 is 0.864 bits per heavy atom. The maximum absolute atomic E-state index is 14.5. The van der Waals surface area contributed by atoms with Gasteiger partial charge in [0.1, 0.15) is 12.5 Å². The maximum Gasteiger partial charge on any atom is 0.331 e. The number of hydrogen-bond acceptors (Lipinski definition) is 8. The number of ether oxygens (including phenoxy) is 5. The monoisotopic (exact) mass is 822 g/mol. The molecule has 0 N–H and O–H groups in total. The molecule has 0 unspecified atom stereocenters. The summed E-state index contributed by atoms with van der Waals surface area (Å²) in [4.78, 5) is 27.6. The van der Waals surface area contributed by atoms with Crippen LogP contribution in [0, 0.1) is 11.8 Å². The summed E-state index contributed by atoms with van der Waals surface area (Å²) < 4.78 is 35.6. The van der Waals surface area contributed by atoms with Gasteiger partial charge in [-0.25, -0.2) is 4.79 Å². The molecule has 59 heavy (non-hydrogen) atoms. The van der Waals surface area contributed by atoms with E-state index in [-0.39, 0.29) is 48.6 Å². The number of methoxy groups -OCH3 is 2. The van der Waals surface area contributed by atoms with E-state index in [1.807, 2.05) is 50.2 Å². The van der Waals surface area contributed by atoms with Crippen LogP contribution in [0.4, 0.5) is 0 Å². The molecule has 0 amide bonds. The molecule has 1 aliphatic rings. The summed E-state index contributed by atoms with van der Waals surface area (Å²) in [6.07, 6.45) is 7.73. The molecule has 0 heterocycles. The second kappa shape index (κ2) is 23.4. The third-order valence-electron chi connectivity index (χ3n) is 11.1. The van der Waals surface area contributed by atoms with Gasteiger partial charge in [0.2, 0.25) is 0 Å². The average Bonchev–Trinajstić information content (AvgIpc) is 3.21. The quantitative estimate of drug-likeness (QED) is 0.0178. The highest BCUT2D eigenvalue weighted by Gasteiger charge is 2.50. The molecule has 8 nitrogen and oxygen atoms in total. The molecular weight excluding hydrogens is 757 g/mol. The van der Waals surface area contributed by atoms with Crippen molar-refractivity contribution in [2.45, 2.75) is 91.4 Å². The zero-order valence-electron chi connectivity index (χ0n) is 36.6. The smallest absolute Gasteiger partial charge is 0.331 e. The van der Waals surface area contributed by atoms with Gasteiger partial charge in [0.25, 0.3) is 8.32 Å². The van der Waals surface area contributed by atoms with E-state index in [0.29, 0.717) is 39.1 Å². The van der Waals surface area contributed by atoms with Gasteiger partial charge in [0.15, 0.2) is 5.78 Å². The SMILES string of the molecule is C=C(C)[C@@H]1CC=C(C)[C@H](OCOC)[C@H]1CC(=O)/C=C(CCO[Si](c1ccccc1)(c1ccccc1)C(C)(C)C)/C(=C/C(=O)OCC)CCCOCc1ccc(OC)cc1. The molecule has 0 aromatic heterocycles. The fraction of sp³-hybridized carbons (Fsp3) is 0.440. The number of carbonyl (C=O) groups excluding carboxylic acids is 2. The van der Waals surface area contributed by atoms with E-state index in [9.17, 15) is 9.59 Å². The minimum absolute atomic E-state index is 0.0482. The van der Waals surface area contributed by atoms with Crippen molar-refractivity contribution in [2.75, 3.05) is 40.8 Å². The maximum atomic E-state index is 14.5. The van der Waals surface area contributed by atoms with E-state index < -0.39 is 14.3 Å². The number of esters is 1. The summed E-state index contributed by atoms with van der Waals surface area (Å²) >= 11 is 0. The summed E-state index contributed by atoms with van der Waals surface area (Å²) in [7, 11) is 0.354. The normalized spacial score (nSPS) is 17.6. The highest BCUT2D eigenvalue weighted by atomic mass is 28.4. The second-order valence-corrected chi connectivity index (χ2v) is 20.6. The highest BCUT2D eigenvalue weighted by molar-refractivity contribution is 6.99. The van der Waals surface area contributed by atoms with Crippen LogP contribution in [0.15, 0.2) is 132 Å². The van der Waals surface area contributed by atoms with E-state index in [0.717, 1.165) is 40.0 Å². The lowest BCUT2D eigenvalue weighted by atomic mass is 9.72. The van der Waals surface area contributed by atoms with Crippen molar-refractivity contribution in [1.82, 2.24) is 0 Å². The Morgan fingerprint density at radius 2 is 1.49 bits per heavy atom. The van der Waals surface area contributed by atoms with Crippen LogP contribution >= 0.6 is 0 Å². The predicted octanol–water partition coefficient (Wildman–Crippen LogP) is 9.48. The summed E-state index contributed by atoms with van der Waals surface area (Å²) in [6.45, 7) is 18.5. The number of hydrogen-bond donors (Lipinski definition) is 0. The van der Waals surface area contributed by atoms with Crippen LogP contribution in [0.2, 0.25) is 5.04 Å². The minimum Gasteiger partial charge on any atom is -0.497 e. The van der Waals surface area contributed by atoms with Gasteiger partial charge in [-0.05, 0) is 108 Å². The van der Waals surface area contributed by atoms with Crippen LogP contribution < -0.4 is 15.1 Å². The molecule has 3 atom stereocenters. The molecule has 318 valence electrons. The topological polar surface area (TPSA) is 89.5 Å². The number of benzene rings is 3. The first-order valence-corrected chi connectivity index (χ1v) is 22.7. The zero-order valence-corrected chi connectivity index (χ0v) is 37.6. The third-order valence-corrected chi connectivity index (χ3v) is 16.1. The number of ketones is 1. The molecule has 0 aliphatic heterocycles. The van der Waals surface area contributed by atoms with Gasteiger partial charge in [-0.15, -0.1) is 0 Å². The van der Waals surface area contributed by atoms with Gasteiger partial charge in [0.05, 0.1) is 26.4 Å². The molecule has 0 fully saturated rings. The molecule has 0 bridgehead atoms. The Bertz CT molecular complexity index is 1840. The number of allylic oxidation sites excluding steroid dienone is 4. The van der Waals surface area contributed by atoms with Crippen molar-refractivity contribution in [3.63, 3.8) is 0 Å². The van der Waals surface area contributed by atoms with Crippen molar-refractivity contribution in [3.8, 4) is 5.75 Å². The van der Waals surface area contributed by atoms with Crippen molar-refractivity contribution in [3.05, 3.63) is 138 Å². The Labute approximate surface area is 354 Å². The van der Waals surface area contributed by atoms with E-state index in [1.54, 1.807) is 33.3 Å². The molecule has 0 saturated heterocycles. The van der Waals surface area contributed by atoms with Crippen molar-refractivity contribution in [2.24, 2.45) is 11.8 Å². The standard InChI is InChI=1S/C50H66O8Si/c1-10-56-48(52)33-40(18-17-30-55-35-39-24-26-43(54-9)27-25-39)41(32-42(51)34-47-46(37(2)3)28-23-38(4)49(47)57-36-53-8)29-31-58-59(50(5,6)7,44-19-13-11-14-20-44)45-21-15-12-16-22-45/h11-16,19-27,32-33,46-47,49H,2,10,17-18,28-31,34-36H2,1,3-9H3/b40-33+,41-32+/t46-,47-,49-/m0/s1. The lowest BCUT2D eigenvalue weighted by molar-refractivity contribution is -0.137. The van der Waals surface area contributed by atoms with Crippen LogP contribution in [0.5, 0.6) is 5.75 Å². The van der Waals surface area contributed by atoms with Crippen molar-refractivity contribution < 1.29 is 37.7 Å². The summed E-state index contributed by atoms with van der Waals surface area (Å²) in [6, 6.07) is 28.8. The van der Waals surface area contributed by atoms with E-state index in [1.165, 1.54) is 10.4 Å². The van der Waals surface area contributed by atoms with Crippen LogP contribution in [0.1, 0.15) is 79.2 Å². The molecular formula is C50H66O8Si. The Kier molecular flexibility index (Phi) is 18.8. The van der Waals surface area contributed by atoms with Gasteiger partial charge < -0.3 is 28.1 Å². The predicted molar refractivity (Wildman–Crippen MR) is 239 cm³/mol. The molecule has 3 aromatic carbocycles. The van der Waals surface area contributed by atoms with Crippen molar-refractivity contribution in [1.29, 1.82) is 0 Å². The Balaban J connectivity index is 1.70. The molecule has 1 aliphatic carbocycles. The molecule has 9 heteroatoms. The summed E-state index contributed by atoms with van der Waals surface area (Å²) in [5.41, 5.74) is 4.61. The summed E-state index contributed by atoms with van der Waals surface area (Å²) in [5.74, 6) is 0.231. The number of rotatable bonds is 23. The first kappa shape index (κ1) is 47.3. The first-order valence-electron chi connectivity index (χ1n) is 20.8. The summed E-state index contributed by atoms with van der Waals surface area (Å²) in [5, 5.41) is 2.11. The fourth-order valence-electron chi connectivity index (χ4n) is 8.18. The van der Waals surface area contributed by atoms with Gasteiger partial charge in [-0.1, -0.05) is 112 Å². The number of carbonyl (C=O) groups is 2. The van der Waals surface area contributed by atoms with Crippen LogP contribution in [-0.4, -0.2) is 67.0 Å². The Hall–Kier alpha value is -4.38. The fourth-order valence-corrected chi connectivity index (χ4v) is 12.7. The van der Waals surface area contributed by atoms with E-state index in [4.69, 9.17) is 28.1 Å². The van der Waals surface area contributed by atoms with Crippen LogP contribution in [0.3, 0.4) is 0 Å². The van der Waals surface area contributed by atoms with Gasteiger partial charge in [-0.2, -0.15) is 0 Å². The lowest BCUT2D eigenvalue weighted by Crippen LogP contribution is -2.66. The second-order valence-electron chi connectivity index (χ2n) is 16.3. The Morgan fingerprint density at radius 3 is 2.05 bits per heavy atom. The van der Waals surface area contributed by atoms with Crippen LogP contribution in [-0.2, 0) is 39.6 Å². The van der Waals surface area contributed by atoms with Gasteiger partial charge in [-0.3, -0.25) is 4.79 Å². The van der Waals surface area contributed by atoms with Crippen molar-refractivity contribution >= 4 is 30.4 Å². The zero-order chi connectivity index (χ0) is 42.8. The highest BCUT2D eigenvalue weighted by Crippen LogP contribution is 2.39. The van der Waals surface area contributed by atoms with Gasteiger partial charge >= 0.3 is 5.97 Å².